The second-order valence-corrected chi connectivity index (χ2v) is 2.69. The van der Waals surface area contributed by atoms with Gasteiger partial charge in [-0.1, -0.05) is 22.0 Å². The number of alkyl halides is 1. The highest BCUT2D eigenvalue weighted by Crippen LogP contribution is 2.03. The van der Waals surface area contributed by atoms with E-state index in [0.29, 0.717) is 0 Å². The number of hydrogen-bond acceptors (Lipinski definition) is 1. The van der Waals surface area contributed by atoms with Crippen LogP contribution in [0.3, 0.4) is 0 Å². The van der Waals surface area contributed by atoms with Crippen LogP contribution in [-0.2, 0) is 0 Å². The number of furan rings is 1. The minimum atomic E-state index is 0.918. The fraction of sp³-hybridized carbons (Fsp3) is 0.250. The van der Waals surface area contributed by atoms with Crippen molar-refractivity contribution in [3.63, 3.8) is 0 Å². The molecule has 54 valence electrons. The maximum atomic E-state index is 5.08. The first-order valence-corrected chi connectivity index (χ1v) is 4.31. The molecule has 0 saturated heterocycles. The molecule has 0 bridgehead atoms. The zero-order chi connectivity index (χ0) is 7.23. The third kappa shape index (κ3) is 2.40. The van der Waals surface area contributed by atoms with Crippen molar-refractivity contribution >= 4 is 22.0 Å². The summed E-state index contributed by atoms with van der Waals surface area (Å²) in [5.41, 5.74) is 0. The standard InChI is InChI=1S/C8H9BrO/c9-6-2-1-4-8-5-3-7-10-8/h1,3-5,7H,2,6H2/b4-1+. The Kier molecular flexibility index (Phi) is 3.30. The average molecular weight is 201 g/mol. The van der Waals surface area contributed by atoms with Crippen LogP contribution in [0.4, 0.5) is 0 Å². The van der Waals surface area contributed by atoms with Crippen LogP contribution < -0.4 is 0 Å². The van der Waals surface area contributed by atoms with Crippen LogP contribution in [0.25, 0.3) is 6.08 Å². The Labute approximate surface area is 68.9 Å². The average Bonchev–Trinajstić information content (AvgIpc) is 2.41. The van der Waals surface area contributed by atoms with Crippen molar-refractivity contribution in [2.75, 3.05) is 5.33 Å². The summed E-state index contributed by atoms with van der Waals surface area (Å²) in [4.78, 5) is 0. The number of hydrogen-bond donors (Lipinski definition) is 0. The van der Waals surface area contributed by atoms with Gasteiger partial charge in [0.1, 0.15) is 5.76 Å². The van der Waals surface area contributed by atoms with E-state index in [0.717, 1.165) is 17.5 Å². The molecule has 0 amide bonds. The summed E-state index contributed by atoms with van der Waals surface area (Å²) >= 11 is 3.33. The Morgan fingerprint density at radius 3 is 3.10 bits per heavy atom. The number of halogens is 1. The molecule has 1 nitrogen and oxygen atoms in total. The van der Waals surface area contributed by atoms with E-state index in [1.54, 1.807) is 6.26 Å². The summed E-state index contributed by atoms with van der Waals surface area (Å²) < 4.78 is 5.08. The van der Waals surface area contributed by atoms with Gasteiger partial charge in [0.05, 0.1) is 6.26 Å². The SMILES string of the molecule is BrCC/C=C/c1ccco1. The summed E-state index contributed by atoms with van der Waals surface area (Å²) in [6.07, 6.45) is 6.77. The van der Waals surface area contributed by atoms with Gasteiger partial charge in [0.2, 0.25) is 0 Å². The fourth-order valence-corrected chi connectivity index (χ4v) is 0.913. The van der Waals surface area contributed by atoms with Crippen molar-refractivity contribution in [3.05, 3.63) is 30.2 Å². The predicted molar refractivity (Wildman–Crippen MR) is 46.2 cm³/mol. The summed E-state index contributed by atoms with van der Waals surface area (Å²) in [5.74, 6) is 0.918. The lowest BCUT2D eigenvalue weighted by atomic mass is 10.3. The molecular weight excluding hydrogens is 192 g/mol. The normalized spacial score (nSPS) is 10.9. The molecule has 1 aromatic rings. The Balaban J connectivity index is 2.40. The van der Waals surface area contributed by atoms with Crippen molar-refractivity contribution in [2.45, 2.75) is 6.42 Å². The first kappa shape index (κ1) is 7.61. The smallest absolute Gasteiger partial charge is 0.126 e. The van der Waals surface area contributed by atoms with Crippen LogP contribution in [0.5, 0.6) is 0 Å². The molecule has 0 radical (unpaired) electrons. The van der Waals surface area contributed by atoms with Gasteiger partial charge in [-0.2, -0.15) is 0 Å². The van der Waals surface area contributed by atoms with Crippen LogP contribution in [-0.4, -0.2) is 5.33 Å². The molecule has 0 aliphatic rings. The first-order chi connectivity index (χ1) is 4.93. The van der Waals surface area contributed by atoms with Crippen molar-refractivity contribution < 1.29 is 4.42 Å². The number of rotatable bonds is 3. The molecule has 0 fully saturated rings. The van der Waals surface area contributed by atoms with Gasteiger partial charge in [0.15, 0.2) is 0 Å². The maximum Gasteiger partial charge on any atom is 0.126 e. The molecule has 2 heteroatoms. The van der Waals surface area contributed by atoms with Gasteiger partial charge in [-0.3, -0.25) is 0 Å². The van der Waals surface area contributed by atoms with Gasteiger partial charge in [0.25, 0.3) is 0 Å². The molecule has 0 aliphatic carbocycles. The second-order valence-electron chi connectivity index (χ2n) is 1.90. The summed E-state index contributed by atoms with van der Waals surface area (Å²) in [6, 6.07) is 3.82. The lowest BCUT2D eigenvalue weighted by molar-refractivity contribution is 0.557. The molecule has 1 aromatic heterocycles. The zero-order valence-electron chi connectivity index (χ0n) is 5.59. The van der Waals surface area contributed by atoms with E-state index in [1.165, 1.54) is 0 Å². The van der Waals surface area contributed by atoms with E-state index in [-0.39, 0.29) is 0 Å². The highest BCUT2D eigenvalue weighted by molar-refractivity contribution is 9.09. The quantitative estimate of drug-likeness (QED) is 0.685. The molecule has 1 rings (SSSR count). The molecule has 0 spiro atoms. The monoisotopic (exact) mass is 200 g/mol. The van der Waals surface area contributed by atoms with Crippen molar-refractivity contribution in [1.82, 2.24) is 0 Å². The van der Waals surface area contributed by atoms with E-state index in [1.807, 2.05) is 18.2 Å². The Morgan fingerprint density at radius 1 is 1.60 bits per heavy atom. The molecule has 0 aliphatic heterocycles. The van der Waals surface area contributed by atoms with Gasteiger partial charge in [-0.15, -0.1) is 0 Å². The summed E-state index contributed by atoms with van der Waals surface area (Å²) in [7, 11) is 0. The predicted octanol–water partition coefficient (Wildman–Crippen LogP) is 3.08. The minimum absolute atomic E-state index is 0.918. The molecule has 0 unspecified atom stereocenters. The van der Waals surface area contributed by atoms with Crippen molar-refractivity contribution in [3.8, 4) is 0 Å². The Bertz CT molecular complexity index is 189. The minimum Gasteiger partial charge on any atom is -0.465 e. The van der Waals surface area contributed by atoms with Gasteiger partial charge < -0.3 is 4.42 Å². The van der Waals surface area contributed by atoms with Gasteiger partial charge in [-0.05, 0) is 24.6 Å². The zero-order valence-corrected chi connectivity index (χ0v) is 7.17. The number of allylic oxidation sites excluding steroid dienone is 1. The molecule has 0 saturated carbocycles. The summed E-state index contributed by atoms with van der Waals surface area (Å²) in [5, 5.41) is 1.00. The van der Waals surface area contributed by atoms with Crippen LogP contribution in [0.2, 0.25) is 0 Å². The third-order valence-corrected chi connectivity index (χ3v) is 1.56. The van der Waals surface area contributed by atoms with Gasteiger partial charge >= 0.3 is 0 Å². The van der Waals surface area contributed by atoms with Crippen LogP contribution in [0, 0.1) is 0 Å². The largest absolute Gasteiger partial charge is 0.465 e. The van der Waals surface area contributed by atoms with Crippen molar-refractivity contribution in [1.29, 1.82) is 0 Å². The maximum absolute atomic E-state index is 5.08. The van der Waals surface area contributed by atoms with Crippen LogP contribution in [0.1, 0.15) is 12.2 Å². The second kappa shape index (κ2) is 4.34. The highest BCUT2D eigenvalue weighted by atomic mass is 79.9. The molecule has 0 atom stereocenters. The molecule has 10 heavy (non-hydrogen) atoms. The summed E-state index contributed by atoms with van der Waals surface area (Å²) in [6.45, 7) is 0. The highest BCUT2D eigenvalue weighted by Gasteiger charge is 1.84. The molecule has 0 aromatic carbocycles. The first-order valence-electron chi connectivity index (χ1n) is 3.19. The van der Waals surface area contributed by atoms with E-state index < -0.39 is 0 Å². The molecule has 1 heterocycles. The van der Waals surface area contributed by atoms with E-state index >= 15 is 0 Å². The van der Waals surface area contributed by atoms with Crippen LogP contribution in [0.15, 0.2) is 28.9 Å². The van der Waals surface area contributed by atoms with Crippen molar-refractivity contribution in [2.24, 2.45) is 0 Å². The van der Waals surface area contributed by atoms with Gasteiger partial charge in [-0.25, -0.2) is 0 Å². The lowest BCUT2D eigenvalue weighted by Crippen LogP contribution is -1.65. The Morgan fingerprint density at radius 2 is 2.50 bits per heavy atom. The fourth-order valence-electron chi connectivity index (χ4n) is 0.649. The Hall–Kier alpha value is -0.500. The topological polar surface area (TPSA) is 13.1 Å². The third-order valence-electron chi connectivity index (χ3n) is 1.10. The lowest BCUT2D eigenvalue weighted by Gasteiger charge is -1.82. The molecule has 0 N–H and O–H groups in total. The van der Waals surface area contributed by atoms with E-state index in [9.17, 15) is 0 Å². The van der Waals surface area contributed by atoms with Crippen LogP contribution >= 0.6 is 15.9 Å². The van der Waals surface area contributed by atoms with Gasteiger partial charge in [0, 0.05) is 5.33 Å². The molecular formula is C8H9BrO. The van der Waals surface area contributed by atoms with E-state index in [2.05, 4.69) is 22.0 Å². The van der Waals surface area contributed by atoms with E-state index in [4.69, 9.17) is 4.42 Å².